The maximum Gasteiger partial charge on any atom is 0.416 e. The fraction of sp³-hybridized carbons (Fsp3) is 0.500. The van der Waals surface area contributed by atoms with E-state index in [4.69, 9.17) is 0 Å². The molecular weight excluding hydrogens is 369 g/mol. The zero-order chi connectivity index (χ0) is 20.5. The number of aromatic nitrogens is 2. The van der Waals surface area contributed by atoms with E-state index in [1.807, 2.05) is 20.9 Å². The molecule has 8 heteroatoms. The maximum atomic E-state index is 12.9. The number of imidazole rings is 1. The highest BCUT2D eigenvalue weighted by Gasteiger charge is 2.30. The Kier molecular flexibility index (Phi) is 5.79. The van der Waals surface area contributed by atoms with Crippen molar-refractivity contribution >= 4 is 5.91 Å². The molecule has 0 radical (unpaired) electrons. The van der Waals surface area contributed by atoms with Gasteiger partial charge in [-0.25, -0.2) is 4.98 Å². The van der Waals surface area contributed by atoms with Gasteiger partial charge in [0.2, 0.25) is 5.91 Å². The number of alkyl halides is 3. The van der Waals surface area contributed by atoms with Gasteiger partial charge < -0.3 is 9.47 Å². The van der Waals surface area contributed by atoms with E-state index in [1.54, 1.807) is 11.0 Å². The third-order valence-electron chi connectivity index (χ3n) is 5.38. The average molecular weight is 394 g/mol. The predicted molar refractivity (Wildman–Crippen MR) is 99.4 cm³/mol. The van der Waals surface area contributed by atoms with Gasteiger partial charge in [-0.05, 0) is 31.5 Å². The topological polar surface area (TPSA) is 41.4 Å². The van der Waals surface area contributed by atoms with Gasteiger partial charge in [-0.2, -0.15) is 13.2 Å². The molecule has 0 atom stereocenters. The van der Waals surface area contributed by atoms with E-state index in [9.17, 15) is 18.0 Å². The van der Waals surface area contributed by atoms with Crippen molar-refractivity contribution in [3.8, 4) is 0 Å². The zero-order valence-electron chi connectivity index (χ0n) is 16.4. The predicted octanol–water partition coefficient (Wildman–Crippen LogP) is 3.29. The fourth-order valence-corrected chi connectivity index (χ4v) is 3.43. The van der Waals surface area contributed by atoms with Crippen LogP contribution in [0.4, 0.5) is 13.2 Å². The molecule has 1 saturated heterocycles. The van der Waals surface area contributed by atoms with Crippen LogP contribution in [-0.4, -0.2) is 44.9 Å². The molecule has 0 unspecified atom stereocenters. The Morgan fingerprint density at radius 1 is 1.11 bits per heavy atom. The molecule has 1 aromatic carbocycles. The Bertz CT molecular complexity index is 860. The Hall–Kier alpha value is -2.35. The van der Waals surface area contributed by atoms with Crippen molar-refractivity contribution in [1.29, 1.82) is 0 Å². The maximum absolute atomic E-state index is 12.9. The number of hydrogen-bond acceptors (Lipinski definition) is 3. The van der Waals surface area contributed by atoms with Crippen LogP contribution in [0.3, 0.4) is 0 Å². The monoisotopic (exact) mass is 394 g/mol. The Morgan fingerprint density at radius 3 is 2.50 bits per heavy atom. The van der Waals surface area contributed by atoms with Gasteiger partial charge in [0.25, 0.3) is 0 Å². The largest absolute Gasteiger partial charge is 0.416 e. The van der Waals surface area contributed by atoms with E-state index in [0.29, 0.717) is 38.2 Å². The molecule has 2 heterocycles. The number of rotatable bonds is 4. The molecule has 3 rings (SSSR count). The van der Waals surface area contributed by atoms with Crippen LogP contribution in [0.2, 0.25) is 0 Å². The molecular formula is C20H25F3N4O. The van der Waals surface area contributed by atoms with Crippen molar-refractivity contribution in [3.05, 3.63) is 52.6 Å². The van der Waals surface area contributed by atoms with Crippen molar-refractivity contribution in [1.82, 2.24) is 19.4 Å². The van der Waals surface area contributed by atoms with E-state index in [1.165, 1.54) is 6.07 Å². The molecule has 0 bridgehead atoms. The van der Waals surface area contributed by atoms with Crippen LogP contribution in [0, 0.1) is 13.8 Å². The Labute approximate surface area is 162 Å². The first-order chi connectivity index (χ1) is 13.1. The molecule has 1 fully saturated rings. The lowest BCUT2D eigenvalue weighted by Gasteiger charge is -2.22. The SMILES string of the molecule is Cc1nc(CN2CCC(=O)N(Cc3cccc(C(F)(F)F)c3)CC2)n(C)c1C. The summed E-state index contributed by atoms with van der Waals surface area (Å²) in [4.78, 5) is 20.9. The molecule has 2 aromatic rings. The summed E-state index contributed by atoms with van der Waals surface area (Å²) in [5, 5.41) is 0. The Balaban J connectivity index is 1.66. The van der Waals surface area contributed by atoms with E-state index in [-0.39, 0.29) is 12.5 Å². The quantitative estimate of drug-likeness (QED) is 0.799. The summed E-state index contributed by atoms with van der Waals surface area (Å²) in [7, 11) is 1.98. The van der Waals surface area contributed by atoms with Crippen LogP contribution < -0.4 is 0 Å². The third-order valence-corrected chi connectivity index (χ3v) is 5.38. The molecule has 28 heavy (non-hydrogen) atoms. The molecule has 152 valence electrons. The number of carbonyl (C=O) groups is 1. The van der Waals surface area contributed by atoms with E-state index in [0.717, 1.165) is 29.3 Å². The highest BCUT2D eigenvalue weighted by molar-refractivity contribution is 5.76. The number of carbonyl (C=O) groups excluding carboxylic acids is 1. The lowest BCUT2D eigenvalue weighted by Crippen LogP contribution is -2.33. The van der Waals surface area contributed by atoms with Crippen molar-refractivity contribution in [2.75, 3.05) is 19.6 Å². The number of halogens is 3. The normalized spacial score (nSPS) is 16.5. The lowest BCUT2D eigenvalue weighted by molar-refractivity contribution is -0.137. The first-order valence-electron chi connectivity index (χ1n) is 9.30. The molecule has 5 nitrogen and oxygen atoms in total. The lowest BCUT2D eigenvalue weighted by atomic mass is 10.1. The van der Waals surface area contributed by atoms with Gasteiger partial charge in [0.1, 0.15) is 5.82 Å². The van der Waals surface area contributed by atoms with Crippen molar-refractivity contribution in [3.63, 3.8) is 0 Å². The number of aryl methyl sites for hydroxylation is 1. The fourth-order valence-electron chi connectivity index (χ4n) is 3.43. The molecule has 1 aromatic heterocycles. The molecule has 1 aliphatic heterocycles. The van der Waals surface area contributed by atoms with Crippen molar-refractivity contribution in [2.24, 2.45) is 7.05 Å². The summed E-state index contributed by atoms with van der Waals surface area (Å²) in [5.41, 5.74) is 1.92. The van der Waals surface area contributed by atoms with Crippen LogP contribution in [0.5, 0.6) is 0 Å². The first kappa shape index (κ1) is 20.4. The minimum atomic E-state index is -4.38. The average Bonchev–Trinajstić information content (AvgIpc) is 2.78. The van der Waals surface area contributed by atoms with Gasteiger partial charge in [-0.1, -0.05) is 12.1 Å². The summed E-state index contributed by atoms with van der Waals surface area (Å²) < 4.78 is 40.8. The molecule has 0 spiro atoms. The van der Waals surface area contributed by atoms with Gasteiger partial charge >= 0.3 is 6.18 Å². The smallest absolute Gasteiger partial charge is 0.337 e. The molecule has 0 aliphatic carbocycles. The molecule has 0 saturated carbocycles. The van der Waals surface area contributed by atoms with E-state index in [2.05, 4.69) is 14.5 Å². The summed E-state index contributed by atoms with van der Waals surface area (Å²) in [5.74, 6) is 0.917. The summed E-state index contributed by atoms with van der Waals surface area (Å²) in [6.45, 7) is 6.60. The zero-order valence-corrected chi connectivity index (χ0v) is 16.4. The van der Waals surface area contributed by atoms with Gasteiger partial charge in [0.05, 0.1) is 17.8 Å². The van der Waals surface area contributed by atoms with Crippen molar-refractivity contribution < 1.29 is 18.0 Å². The highest BCUT2D eigenvalue weighted by atomic mass is 19.4. The van der Waals surface area contributed by atoms with Crippen LogP contribution in [0.15, 0.2) is 24.3 Å². The number of hydrogen-bond donors (Lipinski definition) is 0. The van der Waals surface area contributed by atoms with Gasteiger partial charge in [0.15, 0.2) is 0 Å². The van der Waals surface area contributed by atoms with Crippen molar-refractivity contribution in [2.45, 2.75) is 39.5 Å². The number of benzene rings is 1. The van der Waals surface area contributed by atoms with Crippen LogP contribution in [-0.2, 0) is 31.1 Å². The second-order valence-corrected chi connectivity index (χ2v) is 7.30. The van der Waals surface area contributed by atoms with Gasteiger partial charge in [0, 0.05) is 45.3 Å². The molecule has 0 N–H and O–H groups in total. The first-order valence-corrected chi connectivity index (χ1v) is 9.30. The molecule has 1 amide bonds. The Morgan fingerprint density at radius 2 is 1.86 bits per heavy atom. The van der Waals surface area contributed by atoms with Gasteiger partial charge in [-0.3, -0.25) is 9.69 Å². The van der Waals surface area contributed by atoms with E-state index < -0.39 is 11.7 Å². The second-order valence-electron chi connectivity index (χ2n) is 7.30. The number of nitrogens with zero attached hydrogens (tertiary/aromatic N) is 4. The standard InChI is InChI=1S/C20H25F3N4O/c1-14-15(2)25(3)18(24-14)13-26-8-7-19(28)27(10-9-26)12-16-5-4-6-17(11-16)20(21,22)23/h4-6,11H,7-10,12-13H2,1-3H3. The molecule has 1 aliphatic rings. The minimum Gasteiger partial charge on any atom is -0.337 e. The van der Waals surface area contributed by atoms with Crippen LogP contribution in [0.1, 0.15) is 34.8 Å². The summed E-state index contributed by atoms with van der Waals surface area (Å²) in [6, 6.07) is 5.19. The highest BCUT2D eigenvalue weighted by Crippen LogP contribution is 2.29. The van der Waals surface area contributed by atoms with Gasteiger partial charge in [-0.15, -0.1) is 0 Å². The summed E-state index contributed by atoms with van der Waals surface area (Å²) in [6.07, 6.45) is -4.03. The number of amides is 1. The third kappa shape index (κ3) is 4.55. The van der Waals surface area contributed by atoms with E-state index >= 15 is 0 Å². The van der Waals surface area contributed by atoms with Crippen LogP contribution in [0.25, 0.3) is 0 Å². The van der Waals surface area contributed by atoms with Crippen LogP contribution >= 0.6 is 0 Å². The second kappa shape index (κ2) is 7.95. The summed E-state index contributed by atoms with van der Waals surface area (Å²) >= 11 is 0. The minimum absolute atomic E-state index is 0.0351.